The highest BCUT2D eigenvalue weighted by atomic mass is 32.2. The van der Waals surface area contributed by atoms with Gasteiger partial charge in [-0.3, -0.25) is 0 Å². The highest BCUT2D eigenvalue weighted by molar-refractivity contribution is 7.89. The molecule has 0 atom stereocenters. The molecule has 0 spiro atoms. The summed E-state index contributed by atoms with van der Waals surface area (Å²) in [4.78, 5) is 0.261. The summed E-state index contributed by atoms with van der Waals surface area (Å²) in [6.07, 6.45) is 0. The van der Waals surface area contributed by atoms with Crippen LogP contribution >= 0.6 is 0 Å². The zero-order valence-corrected chi connectivity index (χ0v) is 13.5. The van der Waals surface area contributed by atoms with Gasteiger partial charge in [0.15, 0.2) is 0 Å². The van der Waals surface area contributed by atoms with E-state index in [2.05, 4.69) is 11.8 Å². The molecule has 0 amide bonds. The van der Waals surface area contributed by atoms with Gasteiger partial charge < -0.3 is 10.5 Å². The molecule has 1 aromatic rings. The second-order valence-electron chi connectivity index (χ2n) is 4.51. The number of aryl methyl sites for hydroxylation is 1. The first-order valence-corrected chi connectivity index (χ1v) is 8.21. The smallest absolute Gasteiger partial charge is 0.242 e. The summed E-state index contributed by atoms with van der Waals surface area (Å²) < 4.78 is 31.3. The van der Waals surface area contributed by atoms with E-state index >= 15 is 0 Å². The van der Waals surface area contributed by atoms with Gasteiger partial charge in [0.1, 0.15) is 0 Å². The van der Waals surface area contributed by atoms with Crippen molar-refractivity contribution in [3.05, 3.63) is 29.3 Å². The van der Waals surface area contributed by atoms with Crippen molar-refractivity contribution in [1.82, 2.24) is 4.31 Å². The first-order valence-electron chi connectivity index (χ1n) is 6.77. The molecule has 1 rings (SSSR count). The van der Waals surface area contributed by atoms with Crippen molar-refractivity contribution in [1.29, 1.82) is 0 Å². The molecule has 21 heavy (non-hydrogen) atoms. The van der Waals surface area contributed by atoms with E-state index in [1.807, 2.05) is 13.8 Å². The molecule has 0 radical (unpaired) electrons. The Kier molecular flexibility index (Phi) is 6.85. The number of ether oxygens (including phenoxy) is 1. The Morgan fingerprint density at radius 2 is 2.10 bits per heavy atom. The molecule has 6 heteroatoms. The van der Waals surface area contributed by atoms with Crippen LogP contribution in [0, 0.1) is 18.8 Å². The Balaban J connectivity index is 2.96. The van der Waals surface area contributed by atoms with Gasteiger partial charge in [-0.05, 0) is 37.6 Å². The van der Waals surface area contributed by atoms with Gasteiger partial charge in [-0.25, -0.2) is 8.42 Å². The molecule has 0 saturated carbocycles. The second kappa shape index (κ2) is 8.15. The van der Waals surface area contributed by atoms with Gasteiger partial charge in [0.05, 0.1) is 18.0 Å². The molecule has 0 fully saturated rings. The van der Waals surface area contributed by atoms with E-state index in [0.717, 1.165) is 11.1 Å². The molecule has 0 aromatic heterocycles. The van der Waals surface area contributed by atoms with Crippen molar-refractivity contribution in [2.75, 3.05) is 33.4 Å². The van der Waals surface area contributed by atoms with E-state index < -0.39 is 10.0 Å². The molecular formula is C15H22N2O3S. The Hall–Kier alpha value is -1.39. The summed E-state index contributed by atoms with van der Waals surface area (Å²) in [7, 11) is -1.95. The van der Waals surface area contributed by atoms with Crippen molar-refractivity contribution < 1.29 is 13.2 Å². The van der Waals surface area contributed by atoms with Crippen molar-refractivity contribution in [3.63, 3.8) is 0 Å². The maximum Gasteiger partial charge on any atom is 0.242 e. The van der Waals surface area contributed by atoms with Gasteiger partial charge >= 0.3 is 0 Å². The fourth-order valence-corrected chi connectivity index (χ4v) is 2.96. The number of likely N-dealkylation sites (N-methyl/N-ethyl adjacent to an activating group) is 1. The van der Waals surface area contributed by atoms with Crippen molar-refractivity contribution in [2.24, 2.45) is 5.73 Å². The monoisotopic (exact) mass is 310 g/mol. The Morgan fingerprint density at radius 1 is 1.38 bits per heavy atom. The van der Waals surface area contributed by atoms with E-state index in [9.17, 15) is 8.42 Å². The van der Waals surface area contributed by atoms with E-state index in [-0.39, 0.29) is 11.4 Å². The zero-order valence-electron chi connectivity index (χ0n) is 12.7. The predicted molar refractivity (Wildman–Crippen MR) is 83.4 cm³/mol. The fourth-order valence-electron chi connectivity index (χ4n) is 1.72. The SMILES string of the molecule is CCOCCN(C)S(=O)(=O)c1ccc(C#CCN)c(C)c1. The lowest BCUT2D eigenvalue weighted by Crippen LogP contribution is -2.30. The van der Waals surface area contributed by atoms with Crippen LogP contribution in [0.2, 0.25) is 0 Å². The minimum absolute atomic E-state index is 0.261. The van der Waals surface area contributed by atoms with Crippen LogP contribution in [0.15, 0.2) is 23.1 Å². The fraction of sp³-hybridized carbons (Fsp3) is 0.467. The van der Waals surface area contributed by atoms with Crippen molar-refractivity contribution >= 4 is 10.0 Å². The van der Waals surface area contributed by atoms with E-state index in [0.29, 0.717) is 19.8 Å². The van der Waals surface area contributed by atoms with E-state index in [4.69, 9.17) is 10.5 Å². The number of benzene rings is 1. The van der Waals surface area contributed by atoms with Crippen LogP contribution in [-0.2, 0) is 14.8 Å². The normalized spacial score (nSPS) is 11.3. The molecule has 0 aliphatic heterocycles. The summed E-state index contributed by atoms with van der Waals surface area (Å²) in [5.41, 5.74) is 6.94. The molecule has 2 N–H and O–H groups in total. The number of hydrogen-bond acceptors (Lipinski definition) is 4. The maximum absolute atomic E-state index is 12.4. The van der Waals surface area contributed by atoms with Crippen LogP contribution < -0.4 is 5.73 Å². The van der Waals surface area contributed by atoms with Gasteiger partial charge in [-0.2, -0.15) is 4.31 Å². The lowest BCUT2D eigenvalue weighted by molar-refractivity contribution is 0.138. The molecule has 116 valence electrons. The van der Waals surface area contributed by atoms with E-state index in [1.54, 1.807) is 25.2 Å². The van der Waals surface area contributed by atoms with E-state index in [1.165, 1.54) is 4.31 Å². The molecule has 0 bridgehead atoms. The summed E-state index contributed by atoms with van der Waals surface area (Å²) in [5.74, 6) is 5.68. The summed E-state index contributed by atoms with van der Waals surface area (Å²) in [6.45, 7) is 5.26. The number of nitrogens with zero attached hydrogens (tertiary/aromatic N) is 1. The molecule has 0 heterocycles. The third-order valence-electron chi connectivity index (χ3n) is 2.99. The Bertz CT molecular complexity index is 630. The Labute approximate surface area is 127 Å². The number of hydrogen-bond donors (Lipinski definition) is 1. The van der Waals surface area contributed by atoms with Crippen LogP contribution in [0.4, 0.5) is 0 Å². The quantitative estimate of drug-likeness (QED) is 0.627. The highest BCUT2D eigenvalue weighted by Crippen LogP contribution is 2.18. The molecule has 1 aromatic carbocycles. The zero-order chi connectivity index (χ0) is 15.9. The van der Waals surface area contributed by atoms with Gasteiger partial charge in [0.2, 0.25) is 10.0 Å². The first-order chi connectivity index (χ1) is 9.93. The molecule has 0 saturated heterocycles. The molecule has 5 nitrogen and oxygen atoms in total. The van der Waals surface area contributed by atoms with Crippen molar-refractivity contribution in [2.45, 2.75) is 18.7 Å². The summed E-state index contributed by atoms with van der Waals surface area (Å²) in [6, 6.07) is 4.91. The van der Waals surface area contributed by atoms with Crippen molar-refractivity contribution in [3.8, 4) is 11.8 Å². The maximum atomic E-state index is 12.4. The lowest BCUT2D eigenvalue weighted by atomic mass is 10.1. The van der Waals surface area contributed by atoms with Crippen LogP contribution in [0.5, 0.6) is 0 Å². The lowest BCUT2D eigenvalue weighted by Gasteiger charge is -2.17. The average Bonchev–Trinajstić information content (AvgIpc) is 2.46. The largest absolute Gasteiger partial charge is 0.380 e. The van der Waals surface area contributed by atoms with Crippen LogP contribution in [0.25, 0.3) is 0 Å². The second-order valence-corrected chi connectivity index (χ2v) is 6.55. The number of sulfonamides is 1. The topological polar surface area (TPSA) is 72.6 Å². The molecular weight excluding hydrogens is 288 g/mol. The molecule has 0 unspecified atom stereocenters. The first kappa shape index (κ1) is 17.7. The minimum Gasteiger partial charge on any atom is -0.380 e. The van der Waals surface area contributed by atoms with Gasteiger partial charge in [-0.1, -0.05) is 11.8 Å². The number of nitrogens with two attached hydrogens (primary N) is 1. The summed E-state index contributed by atoms with van der Waals surface area (Å²) in [5, 5.41) is 0. The van der Waals surface area contributed by atoms with Crippen LogP contribution in [0.3, 0.4) is 0 Å². The molecule has 0 aliphatic rings. The predicted octanol–water partition coefficient (Wildman–Crippen LogP) is 0.962. The van der Waals surface area contributed by atoms with Gasteiger partial charge in [0.25, 0.3) is 0 Å². The molecule has 0 aliphatic carbocycles. The third-order valence-corrected chi connectivity index (χ3v) is 4.84. The average molecular weight is 310 g/mol. The van der Waals surface area contributed by atoms with Gasteiger partial charge in [-0.15, -0.1) is 0 Å². The standard InChI is InChI=1S/C15H22N2O3S/c1-4-20-11-10-17(3)21(18,19)15-8-7-14(6-5-9-16)13(2)12-15/h7-8,12H,4,9-11,16H2,1-3H3. The van der Waals surface area contributed by atoms with Crippen LogP contribution in [0.1, 0.15) is 18.1 Å². The highest BCUT2D eigenvalue weighted by Gasteiger charge is 2.20. The summed E-state index contributed by atoms with van der Waals surface area (Å²) >= 11 is 0. The van der Waals surface area contributed by atoms with Crippen LogP contribution in [-0.4, -0.2) is 46.1 Å². The Morgan fingerprint density at radius 3 is 2.67 bits per heavy atom. The third kappa shape index (κ3) is 4.83. The number of rotatable bonds is 6. The van der Waals surface area contributed by atoms with Gasteiger partial charge in [0, 0.05) is 25.8 Å². The minimum atomic E-state index is -3.50.